The largest absolute Gasteiger partial charge is 0.293 e. The number of halogens is 2. The minimum Gasteiger partial charge on any atom is -0.293 e. The highest BCUT2D eigenvalue weighted by Gasteiger charge is 2.08. The van der Waals surface area contributed by atoms with Gasteiger partial charge in [-0.05, 0) is 22.4 Å². The van der Waals surface area contributed by atoms with Gasteiger partial charge in [-0.15, -0.1) is 0 Å². The predicted molar refractivity (Wildman–Crippen MR) is 74.7 cm³/mol. The second-order valence-corrected chi connectivity index (χ2v) is 4.67. The van der Waals surface area contributed by atoms with Crippen LogP contribution in [-0.2, 0) is 5.33 Å². The number of hydrogen-bond donors (Lipinski definition) is 0. The average Bonchev–Trinajstić information content (AvgIpc) is 2.36. The molecule has 0 aliphatic rings. The Morgan fingerprint density at radius 3 is 2.62 bits per heavy atom. The number of alkyl halides is 2. The molecule has 82 valence electrons. The van der Waals surface area contributed by atoms with Gasteiger partial charge in [0.1, 0.15) is 0 Å². The van der Waals surface area contributed by atoms with Crippen LogP contribution in [0.25, 0.3) is 10.8 Å². The molecule has 0 radical (unpaired) electrons. The molecule has 2 rings (SSSR count). The van der Waals surface area contributed by atoms with Gasteiger partial charge >= 0.3 is 0 Å². The van der Waals surface area contributed by atoms with E-state index >= 15 is 0 Å². The van der Waals surface area contributed by atoms with Gasteiger partial charge in [0.15, 0.2) is 5.78 Å². The minimum atomic E-state index is 0.123. The van der Waals surface area contributed by atoms with Gasteiger partial charge in [0.05, 0.1) is 5.33 Å². The van der Waals surface area contributed by atoms with Crippen LogP contribution in [0.2, 0.25) is 0 Å². The zero-order valence-electron chi connectivity index (χ0n) is 8.54. The molecule has 0 bridgehead atoms. The fourth-order valence-electron chi connectivity index (χ4n) is 1.72. The zero-order chi connectivity index (χ0) is 11.5. The summed E-state index contributed by atoms with van der Waals surface area (Å²) in [5.74, 6) is 0.123. The van der Waals surface area contributed by atoms with Crippen LogP contribution in [0.15, 0.2) is 36.4 Å². The Hall–Kier alpha value is -0.670. The van der Waals surface area contributed by atoms with Crippen LogP contribution < -0.4 is 0 Å². The van der Waals surface area contributed by atoms with Crippen LogP contribution in [0.1, 0.15) is 15.9 Å². The van der Waals surface area contributed by atoms with E-state index in [0.29, 0.717) is 5.33 Å². The first-order valence-corrected chi connectivity index (χ1v) is 7.17. The Balaban J connectivity index is 2.68. The molecule has 0 N–H and O–H groups in total. The quantitative estimate of drug-likeness (QED) is 0.600. The molecule has 2 aromatic carbocycles. The Morgan fingerprint density at radius 2 is 1.94 bits per heavy atom. The lowest BCUT2D eigenvalue weighted by molar-refractivity contribution is 0.102. The zero-order valence-corrected chi connectivity index (χ0v) is 11.7. The molecule has 16 heavy (non-hydrogen) atoms. The van der Waals surface area contributed by atoms with E-state index in [1.807, 2.05) is 18.2 Å². The van der Waals surface area contributed by atoms with E-state index in [0.717, 1.165) is 21.7 Å². The van der Waals surface area contributed by atoms with Crippen molar-refractivity contribution in [1.82, 2.24) is 0 Å². The van der Waals surface area contributed by atoms with Gasteiger partial charge < -0.3 is 0 Å². The molecule has 0 amide bonds. The second kappa shape index (κ2) is 5.11. The van der Waals surface area contributed by atoms with Crippen LogP contribution in [0.3, 0.4) is 0 Å². The van der Waals surface area contributed by atoms with E-state index in [1.165, 1.54) is 5.56 Å². The van der Waals surface area contributed by atoms with Crippen molar-refractivity contribution in [1.29, 1.82) is 0 Å². The van der Waals surface area contributed by atoms with Crippen molar-refractivity contribution in [2.24, 2.45) is 0 Å². The van der Waals surface area contributed by atoms with Crippen molar-refractivity contribution in [3.63, 3.8) is 0 Å². The molecular weight excluding hydrogens is 332 g/mol. The molecule has 0 aliphatic carbocycles. The van der Waals surface area contributed by atoms with Crippen LogP contribution in [0, 0.1) is 0 Å². The SMILES string of the molecule is O=C(CBr)c1cccc2ccc(CBr)cc12. The topological polar surface area (TPSA) is 17.1 Å². The van der Waals surface area contributed by atoms with Gasteiger partial charge in [-0.2, -0.15) is 0 Å². The van der Waals surface area contributed by atoms with Gasteiger partial charge in [-0.1, -0.05) is 62.2 Å². The molecular formula is C13H10Br2O. The van der Waals surface area contributed by atoms with Crippen molar-refractivity contribution in [2.75, 3.05) is 5.33 Å². The summed E-state index contributed by atoms with van der Waals surface area (Å²) in [4.78, 5) is 11.8. The van der Waals surface area contributed by atoms with Crippen LogP contribution in [0.4, 0.5) is 0 Å². The summed E-state index contributed by atoms with van der Waals surface area (Å²) in [6.45, 7) is 0. The van der Waals surface area contributed by atoms with Crippen molar-refractivity contribution in [3.05, 3.63) is 47.5 Å². The lowest BCUT2D eigenvalue weighted by Gasteiger charge is -2.05. The number of benzene rings is 2. The number of Topliss-reactive ketones (excluding diaryl/α,β-unsaturated/α-hetero) is 1. The third kappa shape index (κ3) is 2.20. The summed E-state index contributed by atoms with van der Waals surface area (Å²) in [6.07, 6.45) is 0. The van der Waals surface area contributed by atoms with E-state index in [2.05, 4.69) is 50.1 Å². The summed E-state index contributed by atoms with van der Waals surface area (Å²) in [5, 5.41) is 3.31. The maximum Gasteiger partial charge on any atom is 0.173 e. The first-order chi connectivity index (χ1) is 7.76. The van der Waals surface area contributed by atoms with Crippen molar-refractivity contribution >= 4 is 48.4 Å². The van der Waals surface area contributed by atoms with Crippen LogP contribution >= 0.6 is 31.9 Å². The fraction of sp³-hybridized carbons (Fsp3) is 0.154. The summed E-state index contributed by atoms with van der Waals surface area (Å²) in [6, 6.07) is 12.0. The number of carbonyl (C=O) groups excluding carboxylic acids is 1. The molecule has 0 heterocycles. The number of carbonyl (C=O) groups is 1. The van der Waals surface area contributed by atoms with E-state index in [4.69, 9.17) is 0 Å². The molecule has 0 aliphatic heterocycles. The minimum absolute atomic E-state index is 0.123. The van der Waals surface area contributed by atoms with Crippen molar-refractivity contribution in [2.45, 2.75) is 5.33 Å². The highest BCUT2D eigenvalue weighted by Crippen LogP contribution is 2.22. The second-order valence-electron chi connectivity index (χ2n) is 3.55. The van der Waals surface area contributed by atoms with Gasteiger partial charge in [0, 0.05) is 10.9 Å². The molecule has 0 aromatic heterocycles. The molecule has 2 aromatic rings. The smallest absolute Gasteiger partial charge is 0.173 e. The molecule has 0 saturated heterocycles. The normalized spacial score (nSPS) is 10.6. The standard InChI is InChI=1S/C13H10Br2O/c14-7-9-4-5-10-2-1-3-11(12(10)6-9)13(16)8-15/h1-6H,7-8H2. The Labute approximate surface area is 111 Å². The molecule has 3 heteroatoms. The molecule has 1 nitrogen and oxygen atoms in total. The average molecular weight is 342 g/mol. The first kappa shape index (κ1) is 11.8. The fourth-order valence-corrected chi connectivity index (χ4v) is 2.37. The predicted octanol–water partition coefficient (Wildman–Crippen LogP) is 4.31. The number of fused-ring (bicyclic) bond motifs is 1. The Bertz CT molecular complexity index is 534. The molecule has 0 atom stereocenters. The lowest BCUT2D eigenvalue weighted by Crippen LogP contribution is -2.00. The number of hydrogen-bond acceptors (Lipinski definition) is 1. The van der Waals surface area contributed by atoms with Gasteiger partial charge in [-0.3, -0.25) is 4.79 Å². The summed E-state index contributed by atoms with van der Waals surface area (Å²) in [7, 11) is 0. The maximum atomic E-state index is 11.8. The van der Waals surface area contributed by atoms with Gasteiger partial charge in [-0.25, -0.2) is 0 Å². The molecule has 0 fully saturated rings. The van der Waals surface area contributed by atoms with Crippen LogP contribution in [-0.4, -0.2) is 11.1 Å². The third-order valence-electron chi connectivity index (χ3n) is 2.52. The van der Waals surface area contributed by atoms with E-state index in [-0.39, 0.29) is 5.78 Å². The Morgan fingerprint density at radius 1 is 1.12 bits per heavy atom. The van der Waals surface area contributed by atoms with Crippen molar-refractivity contribution in [3.8, 4) is 0 Å². The van der Waals surface area contributed by atoms with E-state index in [9.17, 15) is 4.79 Å². The molecule has 0 saturated carbocycles. The summed E-state index contributed by atoms with van der Waals surface area (Å²) >= 11 is 6.64. The molecule has 0 spiro atoms. The van der Waals surface area contributed by atoms with Crippen molar-refractivity contribution < 1.29 is 4.79 Å². The Kier molecular flexibility index (Phi) is 3.77. The highest BCUT2D eigenvalue weighted by atomic mass is 79.9. The van der Waals surface area contributed by atoms with E-state index < -0.39 is 0 Å². The van der Waals surface area contributed by atoms with Crippen LogP contribution in [0.5, 0.6) is 0 Å². The van der Waals surface area contributed by atoms with Gasteiger partial charge in [0.2, 0.25) is 0 Å². The number of ketones is 1. The number of rotatable bonds is 3. The monoisotopic (exact) mass is 340 g/mol. The summed E-state index contributed by atoms with van der Waals surface area (Å²) in [5.41, 5.74) is 1.97. The van der Waals surface area contributed by atoms with Gasteiger partial charge in [0.25, 0.3) is 0 Å². The van der Waals surface area contributed by atoms with E-state index in [1.54, 1.807) is 0 Å². The molecule has 0 unspecified atom stereocenters. The summed E-state index contributed by atoms with van der Waals surface area (Å²) < 4.78 is 0. The third-order valence-corrected chi connectivity index (χ3v) is 3.68. The lowest BCUT2D eigenvalue weighted by atomic mass is 10.0. The first-order valence-electron chi connectivity index (χ1n) is 4.93. The highest BCUT2D eigenvalue weighted by molar-refractivity contribution is 9.09. The maximum absolute atomic E-state index is 11.8.